The van der Waals surface area contributed by atoms with Crippen LogP contribution in [0.2, 0.25) is 15.1 Å². The molecule has 0 saturated heterocycles. The van der Waals surface area contributed by atoms with E-state index in [1.54, 1.807) is 48.5 Å². The number of hydrogen-bond acceptors (Lipinski definition) is 3. The van der Waals surface area contributed by atoms with E-state index in [-0.39, 0.29) is 11.7 Å². The second-order valence-corrected chi connectivity index (χ2v) is 7.66. The molecule has 0 heterocycles. The Morgan fingerprint density at radius 2 is 1.81 bits per heavy atom. The van der Waals surface area contributed by atoms with Crippen molar-refractivity contribution in [1.29, 1.82) is 0 Å². The molecule has 0 spiro atoms. The predicted octanol–water partition coefficient (Wildman–Crippen LogP) is 6.34. The first-order chi connectivity index (χ1) is 14.9. The van der Waals surface area contributed by atoms with Crippen LogP contribution in [-0.2, 0) is 4.79 Å². The number of nitrogens with zero attached hydrogens (tertiary/aromatic N) is 1. The van der Waals surface area contributed by atoms with Crippen molar-refractivity contribution in [3.8, 4) is 5.75 Å². The Kier molecular flexibility index (Phi) is 7.58. The lowest BCUT2D eigenvalue weighted by Gasteiger charge is -2.09. The second-order valence-electron chi connectivity index (χ2n) is 6.38. The molecule has 0 aromatic heterocycles. The topological polar surface area (TPSA) is 76.7 Å². The van der Waals surface area contributed by atoms with Crippen molar-refractivity contribution in [2.45, 2.75) is 0 Å². The zero-order chi connectivity index (χ0) is 22.4. The summed E-state index contributed by atoms with van der Waals surface area (Å²) in [5, 5.41) is 4.19. The van der Waals surface area contributed by atoms with Crippen LogP contribution in [0.15, 0.2) is 71.7 Å². The van der Waals surface area contributed by atoms with E-state index in [1.807, 2.05) is 18.2 Å². The zero-order valence-electron chi connectivity index (χ0n) is 16.4. The van der Waals surface area contributed by atoms with E-state index in [4.69, 9.17) is 45.3 Å². The number of nitrogens with two attached hydrogens (primary N) is 1. The monoisotopic (exact) mass is 473 g/mol. The first kappa shape index (κ1) is 22.7. The Bertz CT molecular complexity index is 1180. The molecule has 0 saturated carbocycles. The van der Waals surface area contributed by atoms with Gasteiger partial charge in [0.25, 0.3) is 0 Å². The van der Waals surface area contributed by atoms with E-state index in [2.05, 4.69) is 10.3 Å². The van der Waals surface area contributed by atoms with E-state index in [0.717, 1.165) is 5.56 Å². The molecule has 0 radical (unpaired) electrons. The Labute approximate surface area is 195 Å². The number of halogens is 3. The number of amidine groups is 1. The fourth-order valence-corrected chi connectivity index (χ4v) is 3.35. The highest BCUT2D eigenvalue weighted by Gasteiger charge is 2.09. The van der Waals surface area contributed by atoms with E-state index in [9.17, 15) is 4.79 Å². The van der Waals surface area contributed by atoms with Crippen LogP contribution in [0.3, 0.4) is 0 Å². The van der Waals surface area contributed by atoms with Gasteiger partial charge < -0.3 is 15.8 Å². The van der Waals surface area contributed by atoms with Gasteiger partial charge in [-0.3, -0.25) is 4.79 Å². The molecule has 0 aliphatic heterocycles. The highest BCUT2D eigenvalue weighted by molar-refractivity contribution is 6.32. The number of aliphatic imine (C=N–C) groups is 1. The van der Waals surface area contributed by atoms with E-state index in [0.29, 0.717) is 37.8 Å². The number of rotatable bonds is 6. The lowest BCUT2D eigenvalue weighted by molar-refractivity contribution is -0.111. The molecule has 3 N–H and O–H groups in total. The third-order valence-electron chi connectivity index (χ3n) is 4.16. The molecule has 31 heavy (non-hydrogen) atoms. The third-order valence-corrected chi connectivity index (χ3v) is 4.95. The van der Waals surface area contributed by atoms with Crippen LogP contribution in [-0.4, -0.2) is 18.9 Å². The van der Waals surface area contributed by atoms with Crippen molar-refractivity contribution >= 4 is 64.0 Å². The Morgan fingerprint density at radius 1 is 1.03 bits per heavy atom. The summed E-state index contributed by atoms with van der Waals surface area (Å²) in [5.74, 6) is 0.380. The van der Waals surface area contributed by atoms with E-state index < -0.39 is 0 Å². The van der Waals surface area contributed by atoms with Gasteiger partial charge in [-0.1, -0.05) is 53.0 Å². The molecule has 3 rings (SSSR count). The summed E-state index contributed by atoms with van der Waals surface area (Å²) in [4.78, 5) is 16.7. The molecule has 3 aromatic carbocycles. The number of nitrogens with one attached hydrogen (secondary N) is 1. The molecule has 0 fully saturated rings. The molecule has 0 bridgehead atoms. The maximum absolute atomic E-state index is 12.3. The minimum absolute atomic E-state index is 0.192. The normalized spacial score (nSPS) is 11.5. The molecule has 0 aliphatic rings. The van der Waals surface area contributed by atoms with Gasteiger partial charge in [0.15, 0.2) is 0 Å². The van der Waals surface area contributed by atoms with Gasteiger partial charge in [-0.15, -0.1) is 0 Å². The minimum Gasteiger partial charge on any atom is -0.496 e. The summed E-state index contributed by atoms with van der Waals surface area (Å²) in [7, 11) is 1.53. The first-order valence-corrected chi connectivity index (χ1v) is 10.2. The molecule has 5 nitrogen and oxygen atoms in total. The van der Waals surface area contributed by atoms with Gasteiger partial charge >= 0.3 is 0 Å². The number of benzene rings is 3. The highest BCUT2D eigenvalue weighted by Crippen LogP contribution is 2.27. The summed E-state index contributed by atoms with van der Waals surface area (Å²) in [6.07, 6.45) is 3.01. The SMILES string of the molecule is COc1ccc(Cl)cc1C(N)=Nc1cc(Cl)cc(NC(=O)/C=C/c2ccccc2Cl)c1. The number of ether oxygens (including phenoxy) is 1. The largest absolute Gasteiger partial charge is 0.496 e. The molecule has 0 aliphatic carbocycles. The standard InChI is InChI=1S/C23H18Cl3N3O2/c1-31-21-8-7-15(24)12-19(21)23(27)29-18-11-16(25)10-17(13-18)28-22(30)9-6-14-4-2-3-5-20(14)26/h2-13H,1H3,(H2,27,29)(H,28,30)/b9-6+. The molecule has 1 amide bonds. The molecular weight excluding hydrogens is 457 g/mol. The summed E-state index contributed by atoms with van der Waals surface area (Å²) in [6.45, 7) is 0. The van der Waals surface area contributed by atoms with Crippen LogP contribution in [0.1, 0.15) is 11.1 Å². The van der Waals surface area contributed by atoms with Gasteiger partial charge in [-0.05, 0) is 54.1 Å². The molecule has 0 unspecified atom stereocenters. The number of carbonyl (C=O) groups is 1. The molecule has 158 valence electrons. The van der Waals surface area contributed by atoms with Crippen LogP contribution in [0.25, 0.3) is 6.08 Å². The summed E-state index contributed by atoms with van der Waals surface area (Å²) >= 11 is 18.4. The number of hydrogen-bond donors (Lipinski definition) is 2. The number of anilines is 1. The van der Waals surface area contributed by atoms with Crippen molar-refractivity contribution in [2.24, 2.45) is 10.7 Å². The third kappa shape index (κ3) is 6.25. The van der Waals surface area contributed by atoms with Gasteiger partial charge in [0.05, 0.1) is 18.4 Å². The molecular formula is C23H18Cl3N3O2. The van der Waals surface area contributed by atoms with Crippen LogP contribution >= 0.6 is 34.8 Å². The Morgan fingerprint density at radius 3 is 2.55 bits per heavy atom. The van der Waals surface area contributed by atoms with Crippen LogP contribution < -0.4 is 15.8 Å². The average Bonchev–Trinajstić information content (AvgIpc) is 2.72. The smallest absolute Gasteiger partial charge is 0.248 e. The second kappa shape index (κ2) is 10.4. The van der Waals surface area contributed by atoms with Crippen molar-refractivity contribution < 1.29 is 9.53 Å². The first-order valence-electron chi connectivity index (χ1n) is 9.08. The van der Waals surface area contributed by atoms with Gasteiger partial charge in [0.1, 0.15) is 11.6 Å². The average molecular weight is 475 g/mol. The van der Waals surface area contributed by atoms with Crippen molar-refractivity contribution in [3.63, 3.8) is 0 Å². The molecule has 0 atom stereocenters. The highest BCUT2D eigenvalue weighted by atomic mass is 35.5. The maximum Gasteiger partial charge on any atom is 0.248 e. The van der Waals surface area contributed by atoms with Crippen LogP contribution in [0.4, 0.5) is 11.4 Å². The van der Waals surface area contributed by atoms with E-state index >= 15 is 0 Å². The van der Waals surface area contributed by atoms with Gasteiger partial charge in [-0.2, -0.15) is 0 Å². The number of methoxy groups -OCH3 is 1. The van der Waals surface area contributed by atoms with Crippen LogP contribution in [0, 0.1) is 0 Å². The summed E-state index contributed by atoms with van der Waals surface area (Å²) < 4.78 is 5.31. The van der Waals surface area contributed by atoms with Crippen LogP contribution in [0.5, 0.6) is 5.75 Å². The number of amides is 1. The Balaban J connectivity index is 1.82. The summed E-state index contributed by atoms with van der Waals surface area (Å²) in [6, 6.07) is 17.2. The van der Waals surface area contributed by atoms with Crippen molar-refractivity contribution in [1.82, 2.24) is 0 Å². The van der Waals surface area contributed by atoms with Gasteiger partial charge in [-0.25, -0.2) is 4.99 Å². The summed E-state index contributed by atoms with van der Waals surface area (Å²) in [5.41, 5.74) is 8.36. The lowest BCUT2D eigenvalue weighted by Crippen LogP contribution is -2.14. The predicted molar refractivity (Wildman–Crippen MR) is 129 cm³/mol. The quantitative estimate of drug-likeness (QED) is 0.248. The van der Waals surface area contributed by atoms with Crippen molar-refractivity contribution in [2.75, 3.05) is 12.4 Å². The zero-order valence-corrected chi connectivity index (χ0v) is 18.7. The fourth-order valence-electron chi connectivity index (χ4n) is 2.75. The number of carbonyl (C=O) groups excluding carboxylic acids is 1. The van der Waals surface area contributed by atoms with E-state index in [1.165, 1.54) is 13.2 Å². The Hall–Kier alpha value is -2.99. The maximum atomic E-state index is 12.3. The van der Waals surface area contributed by atoms with Crippen molar-refractivity contribution in [3.05, 3.63) is 92.9 Å². The molecule has 3 aromatic rings. The molecule has 8 heteroatoms. The fraction of sp³-hybridized carbons (Fsp3) is 0.0435. The van der Waals surface area contributed by atoms with Gasteiger partial charge in [0.2, 0.25) is 5.91 Å². The lowest BCUT2D eigenvalue weighted by atomic mass is 10.2. The van der Waals surface area contributed by atoms with Gasteiger partial charge in [0, 0.05) is 26.8 Å². The minimum atomic E-state index is -0.346.